The number of likely N-dealkylation sites (tertiary alicyclic amines) is 1. The van der Waals surface area contributed by atoms with Crippen LogP contribution in [0.2, 0.25) is 0 Å². The lowest BCUT2D eigenvalue weighted by atomic mass is 9.97. The van der Waals surface area contributed by atoms with Crippen LogP contribution >= 0.6 is 11.8 Å². The fraction of sp³-hybridized carbons (Fsp3) is 0.300. The second-order valence-corrected chi connectivity index (χ2v) is 7.56. The molecule has 1 fully saturated rings. The van der Waals surface area contributed by atoms with E-state index in [1.807, 2.05) is 24.3 Å². The van der Waals surface area contributed by atoms with Gasteiger partial charge in [0.2, 0.25) is 5.91 Å². The predicted octanol–water partition coefficient (Wildman–Crippen LogP) is 4.60. The molecule has 7 heteroatoms. The molecule has 1 aliphatic rings. The molecule has 0 aliphatic carbocycles. The van der Waals surface area contributed by atoms with Crippen LogP contribution in [0.3, 0.4) is 0 Å². The molecular formula is C20H18F2N2O2S. The van der Waals surface area contributed by atoms with Gasteiger partial charge in [0, 0.05) is 23.9 Å². The monoisotopic (exact) mass is 388 g/mol. The summed E-state index contributed by atoms with van der Waals surface area (Å²) in [5.74, 6) is -0.0863. The Bertz CT molecular complexity index is 935. The highest BCUT2D eigenvalue weighted by molar-refractivity contribution is 8.00. The first kappa shape index (κ1) is 18.0. The van der Waals surface area contributed by atoms with Crippen LogP contribution < -0.4 is 0 Å². The lowest BCUT2D eigenvalue weighted by Crippen LogP contribution is -2.39. The number of piperidine rings is 1. The summed E-state index contributed by atoms with van der Waals surface area (Å²) in [5, 5.41) is 0. The Kier molecular flexibility index (Phi) is 5.11. The number of amides is 1. The van der Waals surface area contributed by atoms with Gasteiger partial charge in [0.15, 0.2) is 11.5 Å². The van der Waals surface area contributed by atoms with Crippen LogP contribution in [0.5, 0.6) is 0 Å². The molecule has 0 N–H and O–H groups in total. The van der Waals surface area contributed by atoms with E-state index in [2.05, 4.69) is 4.98 Å². The molecule has 3 aromatic rings. The fourth-order valence-electron chi connectivity index (χ4n) is 3.26. The third-order valence-electron chi connectivity index (χ3n) is 4.75. The second-order valence-electron chi connectivity index (χ2n) is 6.54. The minimum Gasteiger partial charge on any atom is -0.440 e. The molecule has 0 atom stereocenters. The van der Waals surface area contributed by atoms with Crippen molar-refractivity contribution in [3.05, 3.63) is 60.0 Å². The number of para-hydroxylation sites is 2. The first-order chi connectivity index (χ1) is 13.1. The van der Waals surface area contributed by atoms with E-state index in [1.165, 1.54) is 0 Å². The standard InChI is InChI=1S/C20H18F2N2O2S/c21-14-5-6-15(22)18(11-14)27-12-19(25)24-9-7-13(8-10-24)20-23-16-3-1-2-4-17(16)26-20/h1-6,11,13H,7-10,12H2. The molecule has 0 spiro atoms. The number of oxazole rings is 1. The van der Waals surface area contributed by atoms with Crippen molar-refractivity contribution in [2.75, 3.05) is 18.8 Å². The van der Waals surface area contributed by atoms with Gasteiger partial charge in [-0.25, -0.2) is 13.8 Å². The molecule has 27 heavy (non-hydrogen) atoms. The summed E-state index contributed by atoms with van der Waals surface area (Å²) < 4.78 is 32.7. The zero-order valence-corrected chi connectivity index (χ0v) is 15.3. The molecule has 2 aromatic carbocycles. The number of benzene rings is 2. The maximum Gasteiger partial charge on any atom is 0.232 e. The van der Waals surface area contributed by atoms with Crippen LogP contribution in [0.4, 0.5) is 8.78 Å². The first-order valence-corrected chi connectivity index (χ1v) is 9.80. The van der Waals surface area contributed by atoms with Crippen LogP contribution in [-0.4, -0.2) is 34.6 Å². The van der Waals surface area contributed by atoms with E-state index in [-0.39, 0.29) is 22.5 Å². The summed E-state index contributed by atoms with van der Waals surface area (Å²) in [6.45, 7) is 1.21. The molecule has 1 saturated heterocycles. The minimum absolute atomic E-state index is 0.0697. The van der Waals surface area contributed by atoms with Crippen LogP contribution in [0, 0.1) is 11.6 Å². The van der Waals surface area contributed by atoms with Gasteiger partial charge in [0.1, 0.15) is 17.2 Å². The topological polar surface area (TPSA) is 46.3 Å². The molecule has 0 unspecified atom stereocenters. The number of nitrogens with zero attached hydrogens (tertiary/aromatic N) is 2. The second kappa shape index (κ2) is 7.68. The SMILES string of the molecule is O=C(CSc1cc(F)ccc1F)N1CCC(c2nc3ccccc3o2)CC1. The quantitative estimate of drug-likeness (QED) is 0.613. The molecule has 4 rings (SSSR count). The van der Waals surface area contributed by atoms with Gasteiger partial charge in [0.05, 0.1) is 5.75 Å². The van der Waals surface area contributed by atoms with Crippen LogP contribution in [0.25, 0.3) is 11.1 Å². The highest BCUT2D eigenvalue weighted by Crippen LogP contribution is 2.30. The van der Waals surface area contributed by atoms with Crippen LogP contribution in [0.1, 0.15) is 24.7 Å². The highest BCUT2D eigenvalue weighted by atomic mass is 32.2. The van der Waals surface area contributed by atoms with Gasteiger partial charge < -0.3 is 9.32 Å². The van der Waals surface area contributed by atoms with E-state index in [4.69, 9.17) is 4.42 Å². The summed E-state index contributed by atoms with van der Waals surface area (Å²) in [6, 6.07) is 10.9. The van der Waals surface area contributed by atoms with E-state index in [9.17, 15) is 13.6 Å². The fourth-order valence-corrected chi connectivity index (χ4v) is 4.12. The number of carbonyl (C=O) groups is 1. The normalized spacial score (nSPS) is 15.4. The molecule has 4 nitrogen and oxygen atoms in total. The Morgan fingerprint density at radius 2 is 1.96 bits per heavy atom. The van der Waals surface area contributed by atoms with Crippen molar-refractivity contribution in [1.29, 1.82) is 0 Å². The van der Waals surface area contributed by atoms with Crippen LogP contribution in [-0.2, 0) is 4.79 Å². The number of hydrogen-bond donors (Lipinski definition) is 0. The molecular weight excluding hydrogens is 370 g/mol. The van der Waals surface area contributed by atoms with E-state index in [0.29, 0.717) is 13.1 Å². The summed E-state index contributed by atoms with van der Waals surface area (Å²) >= 11 is 1.03. The number of carbonyl (C=O) groups excluding carboxylic acids is 1. The van der Waals surface area contributed by atoms with E-state index in [1.54, 1.807) is 4.90 Å². The van der Waals surface area contributed by atoms with Crippen molar-refractivity contribution < 1.29 is 18.0 Å². The molecule has 1 amide bonds. The molecule has 0 radical (unpaired) electrons. The molecule has 1 aliphatic heterocycles. The summed E-state index contributed by atoms with van der Waals surface area (Å²) in [4.78, 5) is 18.9. The Hall–Kier alpha value is -2.41. The van der Waals surface area contributed by atoms with Gasteiger partial charge in [-0.2, -0.15) is 0 Å². The third kappa shape index (κ3) is 3.98. The average molecular weight is 388 g/mol. The number of halogens is 2. The van der Waals surface area contributed by atoms with E-state index < -0.39 is 11.6 Å². The van der Waals surface area contributed by atoms with Gasteiger partial charge in [-0.1, -0.05) is 12.1 Å². The molecule has 0 saturated carbocycles. The van der Waals surface area contributed by atoms with Crippen molar-refractivity contribution in [3.8, 4) is 0 Å². The summed E-state index contributed by atoms with van der Waals surface area (Å²) in [7, 11) is 0. The van der Waals surface area contributed by atoms with Crippen molar-refractivity contribution in [2.45, 2.75) is 23.7 Å². The third-order valence-corrected chi connectivity index (χ3v) is 5.77. The van der Waals surface area contributed by atoms with Crippen LogP contribution in [0.15, 0.2) is 51.8 Å². The van der Waals surface area contributed by atoms with Gasteiger partial charge in [-0.15, -0.1) is 11.8 Å². The lowest BCUT2D eigenvalue weighted by Gasteiger charge is -2.30. The Balaban J connectivity index is 1.33. The molecule has 140 valence electrons. The summed E-state index contributed by atoms with van der Waals surface area (Å²) in [5.41, 5.74) is 1.62. The van der Waals surface area contributed by atoms with E-state index >= 15 is 0 Å². The molecule has 0 bridgehead atoms. The maximum atomic E-state index is 13.7. The van der Waals surface area contributed by atoms with Crippen molar-refractivity contribution >= 4 is 28.8 Å². The first-order valence-electron chi connectivity index (χ1n) is 8.81. The van der Waals surface area contributed by atoms with Gasteiger partial charge in [-0.3, -0.25) is 4.79 Å². The zero-order chi connectivity index (χ0) is 18.8. The number of hydrogen-bond acceptors (Lipinski definition) is 4. The highest BCUT2D eigenvalue weighted by Gasteiger charge is 2.27. The molecule has 1 aromatic heterocycles. The average Bonchev–Trinajstić information content (AvgIpc) is 3.13. The number of aromatic nitrogens is 1. The number of thioether (sulfide) groups is 1. The van der Waals surface area contributed by atoms with Gasteiger partial charge in [-0.05, 0) is 43.2 Å². The summed E-state index contributed by atoms with van der Waals surface area (Å²) in [6.07, 6.45) is 1.55. The smallest absolute Gasteiger partial charge is 0.232 e. The molecule has 2 heterocycles. The Morgan fingerprint density at radius 1 is 1.19 bits per heavy atom. The zero-order valence-electron chi connectivity index (χ0n) is 14.5. The Labute approximate surface area is 159 Å². The van der Waals surface area contributed by atoms with Gasteiger partial charge in [0.25, 0.3) is 0 Å². The number of fused-ring (bicyclic) bond motifs is 1. The van der Waals surface area contributed by atoms with Crippen molar-refractivity contribution in [1.82, 2.24) is 9.88 Å². The van der Waals surface area contributed by atoms with Gasteiger partial charge >= 0.3 is 0 Å². The largest absolute Gasteiger partial charge is 0.440 e. The number of rotatable bonds is 4. The van der Waals surface area contributed by atoms with Crippen molar-refractivity contribution in [3.63, 3.8) is 0 Å². The predicted molar refractivity (Wildman–Crippen MR) is 99.6 cm³/mol. The maximum absolute atomic E-state index is 13.7. The Morgan fingerprint density at radius 3 is 2.74 bits per heavy atom. The lowest BCUT2D eigenvalue weighted by molar-refractivity contribution is -0.129. The minimum atomic E-state index is -0.510. The van der Waals surface area contributed by atoms with Crippen molar-refractivity contribution in [2.24, 2.45) is 0 Å². The van der Waals surface area contributed by atoms with E-state index in [0.717, 1.165) is 59.8 Å².